The lowest BCUT2D eigenvalue weighted by Crippen LogP contribution is -2.02. The Balaban J connectivity index is 2.24. The van der Waals surface area contributed by atoms with Crippen molar-refractivity contribution in [3.63, 3.8) is 0 Å². The van der Waals surface area contributed by atoms with E-state index in [9.17, 15) is 8.60 Å². The van der Waals surface area contributed by atoms with Crippen LogP contribution in [0.4, 0.5) is 10.1 Å². The van der Waals surface area contributed by atoms with Gasteiger partial charge in [0.15, 0.2) is 0 Å². The zero-order chi connectivity index (χ0) is 12.3. The second-order valence-corrected chi connectivity index (χ2v) is 4.91. The fraction of sp³-hybridized carbons (Fsp3) is 0.0833. The van der Waals surface area contributed by atoms with Crippen molar-refractivity contribution in [3.8, 4) is 0 Å². The molecule has 1 aromatic carbocycles. The van der Waals surface area contributed by atoms with Gasteiger partial charge in [0.1, 0.15) is 5.82 Å². The van der Waals surface area contributed by atoms with E-state index >= 15 is 0 Å². The first-order chi connectivity index (χ1) is 8.18. The van der Waals surface area contributed by atoms with Gasteiger partial charge >= 0.3 is 0 Å². The van der Waals surface area contributed by atoms with E-state index in [1.165, 1.54) is 18.5 Å². The number of hydrogen-bond acceptors (Lipinski definition) is 3. The Kier molecular flexibility index (Phi) is 3.49. The number of nitrogen functional groups attached to an aromatic ring is 1. The van der Waals surface area contributed by atoms with Crippen LogP contribution in [0.1, 0.15) is 5.56 Å². The standard InChI is InChI=1S/C12H11FN2OS/c13-10-4-2-1-3-9(10)8-17(16)12-5-6-15-7-11(12)14/h1-7H,8,14H2. The smallest absolute Gasteiger partial charge is 0.127 e. The average Bonchev–Trinajstić information content (AvgIpc) is 2.32. The molecule has 1 unspecified atom stereocenters. The van der Waals surface area contributed by atoms with E-state index in [-0.39, 0.29) is 11.6 Å². The van der Waals surface area contributed by atoms with Gasteiger partial charge in [0.2, 0.25) is 0 Å². The van der Waals surface area contributed by atoms with Crippen molar-refractivity contribution in [1.82, 2.24) is 4.98 Å². The molecule has 0 aliphatic rings. The molecule has 2 aromatic rings. The molecule has 0 amide bonds. The minimum Gasteiger partial charge on any atom is -0.396 e. The Bertz CT molecular complexity index is 560. The highest BCUT2D eigenvalue weighted by Gasteiger charge is 2.10. The van der Waals surface area contributed by atoms with Crippen LogP contribution in [-0.4, -0.2) is 9.19 Å². The maximum absolute atomic E-state index is 13.4. The second-order valence-electron chi connectivity index (χ2n) is 3.49. The predicted octanol–water partition coefficient (Wildman–Crippen LogP) is 2.11. The van der Waals surface area contributed by atoms with E-state index in [0.717, 1.165) is 0 Å². The molecule has 0 radical (unpaired) electrons. The first kappa shape index (κ1) is 11.7. The number of hydrogen-bond donors (Lipinski definition) is 1. The quantitative estimate of drug-likeness (QED) is 0.907. The number of aromatic nitrogens is 1. The van der Waals surface area contributed by atoms with Crippen LogP contribution < -0.4 is 5.73 Å². The summed E-state index contributed by atoms with van der Waals surface area (Å²) < 4.78 is 25.4. The van der Waals surface area contributed by atoms with Gasteiger partial charge in [0, 0.05) is 11.8 Å². The fourth-order valence-electron chi connectivity index (χ4n) is 1.44. The Labute approximate surface area is 101 Å². The molecule has 1 atom stereocenters. The Morgan fingerprint density at radius 1 is 1.29 bits per heavy atom. The summed E-state index contributed by atoms with van der Waals surface area (Å²) in [6.07, 6.45) is 2.96. The third-order valence-electron chi connectivity index (χ3n) is 2.30. The molecule has 5 heteroatoms. The Morgan fingerprint density at radius 3 is 2.76 bits per heavy atom. The normalized spacial score (nSPS) is 12.3. The summed E-state index contributed by atoms with van der Waals surface area (Å²) in [4.78, 5) is 4.31. The summed E-state index contributed by atoms with van der Waals surface area (Å²) >= 11 is 0. The molecule has 0 bridgehead atoms. The number of benzene rings is 1. The van der Waals surface area contributed by atoms with Crippen LogP contribution in [0.2, 0.25) is 0 Å². The SMILES string of the molecule is Nc1cnccc1S(=O)Cc1ccccc1F. The molecule has 0 aliphatic carbocycles. The third-order valence-corrected chi connectivity index (χ3v) is 3.74. The lowest BCUT2D eigenvalue weighted by Gasteiger charge is -2.05. The van der Waals surface area contributed by atoms with Crippen LogP contribution in [0, 0.1) is 5.82 Å². The third kappa shape index (κ3) is 2.68. The van der Waals surface area contributed by atoms with Gasteiger partial charge in [-0.25, -0.2) is 4.39 Å². The van der Waals surface area contributed by atoms with E-state index in [4.69, 9.17) is 5.73 Å². The Morgan fingerprint density at radius 2 is 2.06 bits per heavy atom. The number of anilines is 1. The maximum Gasteiger partial charge on any atom is 0.127 e. The van der Waals surface area contributed by atoms with E-state index in [1.54, 1.807) is 24.3 Å². The summed E-state index contributed by atoms with van der Waals surface area (Å²) in [5.74, 6) is -0.241. The monoisotopic (exact) mass is 250 g/mol. The molecule has 0 spiro atoms. The summed E-state index contributed by atoms with van der Waals surface area (Å²) in [6, 6.07) is 7.87. The molecule has 0 aliphatic heterocycles. The van der Waals surface area contributed by atoms with Gasteiger partial charge < -0.3 is 5.73 Å². The second kappa shape index (κ2) is 5.05. The van der Waals surface area contributed by atoms with Crippen molar-refractivity contribution in [1.29, 1.82) is 0 Å². The van der Waals surface area contributed by atoms with Gasteiger partial charge in [-0.15, -0.1) is 0 Å². The molecule has 1 heterocycles. The highest BCUT2D eigenvalue weighted by Crippen LogP contribution is 2.18. The first-order valence-electron chi connectivity index (χ1n) is 5.00. The summed E-state index contributed by atoms with van der Waals surface area (Å²) in [7, 11) is -1.36. The van der Waals surface area contributed by atoms with Gasteiger partial charge in [-0.05, 0) is 12.1 Å². The molecule has 3 nitrogen and oxygen atoms in total. The first-order valence-corrected chi connectivity index (χ1v) is 6.31. The topological polar surface area (TPSA) is 56.0 Å². The average molecular weight is 250 g/mol. The highest BCUT2D eigenvalue weighted by atomic mass is 32.2. The Hall–Kier alpha value is -1.75. The van der Waals surface area contributed by atoms with Gasteiger partial charge in [-0.1, -0.05) is 18.2 Å². The van der Waals surface area contributed by atoms with Gasteiger partial charge in [0.25, 0.3) is 0 Å². The van der Waals surface area contributed by atoms with Crippen molar-refractivity contribution in [2.45, 2.75) is 10.6 Å². The molecular weight excluding hydrogens is 239 g/mol. The largest absolute Gasteiger partial charge is 0.396 e. The number of nitrogens with two attached hydrogens (primary N) is 1. The van der Waals surface area contributed by atoms with Gasteiger partial charge in [0.05, 0.1) is 33.3 Å². The zero-order valence-corrected chi connectivity index (χ0v) is 9.78. The van der Waals surface area contributed by atoms with Gasteiger partial charge in [-0.3, -0.25) is 9.19 Å². The molecule has 17 heavy (non-hydrogen) atoms. The fourth-order valence-corrected chi connectivity index (χ4v) is 2.64. The van der Waals surface area contributed by atoms with Crippen molar-refractivity contribution >= 4 is 16.5 Å². The van der Waals surface area contributed by atoms with Crippen molar-refractivity contribution in [2.24, 2.45) is 0 Å². The molecular formula is C12H11FN2OS. The highest BCUT2D eigenvalue weighted by molar-refractivity contribution is 7.84. The van der Waals surface area contributed by atoms with Crippen molar-refractivity contribution in [2.75, 3.05) is 5.73 Å². The summed E-state index contributed by atoms with van der Waals surface area (Å²) in [5, 5.41) is 0. The number of halogens is 1. The zero-order valence-electron chi connectivity index (χ0n) is 8.97. The number of nitrogens with zero attached hydrogens (tertiary/aromatic N) is 1. The molecule has 2 rings (SSSR count). The van der Waals surface area contributed by atoms with E-state index < -0.39 is 10.8 Å². The number of pyridine rings is 1. The summed E-state index contributed by atoms with van der Waals surface area (Å²) in [6.45, 7) is 0. The van der Waals surface area contributed by atoms with Crippen LogP contribution in [-0.2, 0) is 16.6 Å². The van der Waals surface area contributed by atoms with E-state index in [2.05, 4.69) is 4.98 Å². The predicted molar refractivity (Wildman–Crippen MR) is 65.2 cm³/mol. The molecule has 88 valence electrons. The molecule has 0 saturated heterocycles. The van der Waals surface area contributed by atoms with Crippen LogP contribution in [0.25, 0.3) is 0 Å². The van der Waals surface area contributed by atoms with Crippen LogP contribution in [0.3, 0.4) is 0 Å². The van der Waals surface area contributed by atoms with E-state index in [0.29, 0.717) is 16.1 Å². The van der Waals surface area contributed by atoms with Crippen LogP contribution in [0.5, 0.6) is 0 Å². The molecule has 2 N–H and O–H groups in total. The van der Waals surface area contributed by atoms with Crippen molar-refractivity contribution < 1.29 is 8.60 Å². The minimum atomic E-state index is -1.36. The van der Waals surface area contributed by atoms with Crippen LogP contribution >= 0.6 is 0 Å². The van der Waals surface area contributed by atoms with E-state index in [1.807, 2.05) is 0 Å². The lowest BCUT2D eigenvalue weighted by atomic mass is 10.2. The van der Waals surface area contributed by atoms with Crippen LogP contribution in [0.15, 0.2) is 47.6 Å². The number of rotatable bonds is 3. The van der Waals surface area contributed by atoms with Crippen molar-refractivity contribution in [3.05, 3.63) is 54.1 Å². The molecule has 0 saturated carbocycles. The van der Waals surface area contributed by atoms with Gasteiger partial charge in [-0.2, -0.15) is 0 Å². The maximum atomic E-state index is 13.4. The summed E-state index contributed by atoms with van der Waals surface area (Å²) in [5.41, 5.74) is 6.45. The lowest BCUT2D eigenvalue weighted by molar-refractivity contribution is 0.615. The molecule has 1 aromatic heterocycles. The minimum absolute atomic E-state index is 0.112. The molecule has 0 fully saturated rings.